The number of aliphatic carboxylic acids is 1. The Morgan fingerprint density at radius 1 is 1.00 bits per heavy atom. The highest BCUT2D eigenvalue weighted by Gasteiger charge is 2.21. The molecular weight excluding hydrogens is 404 g/mol. The molecule has 1 aliphatic heterocycles. The van der Waals surface area contributed by atoms with Crippen molar-refractivity contribution in [3.63, 3.8) is 0 Å². The molecule has 0 aromatic heterocycles. The van der Waals surface area contributed by atoms with E-state index in [1.165, 1.54) is 70.6 Å². The molecule has 0 bridgehead atoms. The standard InChI is InChI=1S/C26H48N2O4/c1-2-3-4-5-6-7-8-9-10-11-12-13-14-15-16-17-24(18-19-26(30)31)25(29)22-32-28-21-20-27-23-28/h9-10,23-25,29H,2-8,11-22H2,1H3,(H,30,31)/b10-9-. The number of carbonyl (C=O) groups is 1. The van der Waals surface area contributed by atoms with Crippen molar-refractivity contribution in [2.75, 3.05) is 19.7 Å². The van der Waals surface area contributed by atoms with Crippen LogP contribution in [0.3, 0.4) is 0 Å². The number of rotatable bonds is 22. The van der Waals surface area contributed by atoms with E-state index in [-0.39, 0.29) is 18.9 Å². The third-order valence-electron chi connectivity index (χ3n) is 6.18. The van der Waals surface area contributed by atoms with E-state index in [1.54, 1.807) is 11.4 Å². The highest BCUT2D eigenvalue weighted by Crippen LogP contribution is 2.21. The molecule has 1 rings (SSSR count). The fourth-order valence-electron chi connectivity index (χ4n) is 4.08. The van der Waals surface area contributed by atoms with Gasteiger partial charge in [0.1, 0.15) is 12.9 Å². The first-order valence-corrected chi connectivity index (χ1v) is 13.1. The van der Waals surface area contributed by atoms with Gasteiger partial charge < -0.3 is 10.2 Å². The summed E-state index contributed by atoms with van der Waals surface area (Å²) < 4.78 is 0. The van der Waals surface area contributed by atoms with E-state index in [2.05, 4.69) is 24.1 Å². The SMILES string of the molecule is CCCCCCCC/C=C\CCCCCCCC(CCC(=O)O)C(O)CON1C=NCC1. The maximum Gasteiger partial charge on any atom is 0.303 e. The van der Waals surface area contributed by atoms with E-state index in [0.717, 1.165) is 19.3 Å². The number of aliphatic hydroxyl groups excluding tert-OH is 1. The van der Waals surface area contributed by atoms with E-state index in [0.29, 0.717) is 19.5 Å². The van der Waals surface area contributed by atoms with Crippen LogP contribution in [0.15, 0.2) is 17.1 Å². The molecule has 0 aromatic rings. The van der Waals surface area contributed by atoms with Crippen LogP contribution in [0.2, 0.25) is 0 Å². The molecule has 2 unspecified atom stereocenters. The van der Waals surface area contributed by atoms with E-state index in [1.807, 2.05) is 0 Å². The molecule has 32 heavy (non-hydrogen) atoms. The van der Waals surface area contributed by atoms with Gasteiger partial charge >= 0.3 is 5.97 Å². The van der Waals surface area contributed by atoms with Gasteiger partial charge in [-0.25, -0.2) is 5.06 Å². The van der Waals surface area contributed by atoms with Gasteiger partial charge in [-0.1, -0.05) is 76.9 Å². The summed E-state index contributed by atoms with van der Waals surface area (Å²) >= 11 is 0. The second-order valence-corrected chi connectivity index (χ2v) is 9.09. The molecule has 2 atom stereocenters. The van der Waals surface area contributed by atoms with Crippen molar-refractivity contribution in [1.29, 1.82) is 0 Å². The number of aliphatic imine (C=N–C) groups is 1. The van der Waals surface area contributed by atoms with Gasteiger partial charge in [-0.05, 0) is 44.4 Å². The minimum Gasteiger partial charge on any atom is -0.481 e. The van der Waals surface area contributed by atoms with Crippen molar-refractivity contribution >= 4 is 12.3 Å². The molecule has 0 fully saturated rings. The van der Waals surface area contributed by atoms with Crippen molar-refractivity contribution in [3.8, 4) is 0 Å². The minimum absolute atomic E-state index is 0.0319. The number of hydrogen-bond acceptors (Lipinski definition) is 5. The molecule has 0 aromatic carbocycles. The lowest BCUT2D eigenvalue weighted by atomic mass is 9.91. The molecule has 1 aliphatic rings. The predicted octanol–water partition coefficient (Wildman–Crippen LogP) is 6.14. The van der Waals surface area contributed by atoms with Crippen LogP contribution in [0.25, 0.3) is 0 Å². The number of unbranched alkanes of at least 4 members (excludes halogenated alkanes) is 11. The van der Waals surface area contributed by atoms with Gasteiger partial charge in [-0.3, -0.25) is 14.6 Å². The van der Waals surface area contributed by atoms with Gasteiger partial charge in [0.15, 0.2) is 0 Å². The summed E-state index contributed by atoms with van der Waals surface area (Å²) in [7, 11) is 0. The number of aliphatic hydroxyl groups is 1. The minimum atomic E-state index is -0.806. The predicted molar refractivity (Wildman–Crippen MR) is 132 cm³/mol. The summed E-state index contributed by atoms with van der Waals surface area (Å²) in [4.78, 5) is 20.6. The molecule has 0 saturated heterocycles. The van der Waals surface area contributed by atoms with Gasteiger partial charge in [-0.2, -0.15) is 0 Å². The lowest BCUT2D eigenvalue weighted by Crippen LogP contribution is -2.31. The maximum atomic E-state index is 11.0. The third-order valence-corrected chi connectivity index (χ3v) is 6.18. The molecule has 0 aliphatic carbocycles. The van der Waals surface area contributed by atoms with Crippen LogP contribution < -0.4 is 0 Å². The van der Waals surface area contributed by atoms with Crippen molar-refractivity contribution in [2.24, 2.45) is 10.9 Å². The quantitative estimate of drug-likeness (QED) is 0.152. The second kappa shape index (κ2) is 20.2. The zero-order chi connectivity index (χ0) is 23.3. The Morgan fingerprint density at radius 2 is 1.62 bits per heavy atom. The summed E-state index contributed by atoms with van der Waals surface area (Å²) in [5.74, 6) is -0.838. The molecule has 6 heteroatoms. The zero-order valence-corrected chi connectivity index (χ0v) is 20.4. The summed E-state index contributed by atoms with van der Waals surface area (Å²) in [6.07, 6.45) is 23.5. The molecule has 0 radical (unpaired) electrons. The molecule has 0 amide bonds. The summed E-state index contributed by atoms with van der Waals surface area (Å²) in [5, 5.41) is 21.1. The van der Waals surface area contributed by atoms with E-state index >= 15 is 0 Å². The number of carboxylic acid groups (broad SMARTS) is 1. The van der Waals surface area contributed by atoms with Crippen molar-refractivity contribution in [1.82, 2.24) is 5.06 Å². The van der Waals surface area contributed by atoms with Crippen LogP contribution in [-0.4, -0.2) is 53.4 Å². The smallest absolute Gasteiger partial charge is 0.303 e. The number of hydroxylamine groups is 2. The van der Waals surface area contributed by atoms with Crippen LogP contribution in [-0.2, 0) is 9.63 Å². The fraction of sp³-hybridized carbons (Fsp3) is 0.846. The summed E-state index contributed by atoms with van der Waals surface area (Å²) in [6.45, 7) is 3.88. The van der Waals surface area contributed by atoms with Gasteiger partial charge in [0.2, 0.25) is 0 Å². The van der Waals surface area contributed by atoms with E-state index in [9.17, 15) is 9.90 Å². The van der Waals surface area contributed by atoms with Crippen molar-refractivity contribution < 1.29 is 19.8 Å². The van der Waals surface area contributed by atoms with Gasteiger partial charge in [0.25, 0.3) is 0 Å². The Labute approximate surface area is 196 Å². The number of carboxylic acids is 1. The second-order valence-electron chi connectivity index (χ2n) is 9.09. The average Bonchev–Trinajstić information content (AvgIpc) is 3.30. The van der Waals surface area contributed by atoms with Crippen LogP contribution in [0.4, 0.5) is 0 Å². The Bertz CT molecular complexity index is 510. The van der Waals surface area contributed by atoms with Crippen molar-refractivity contribution in [3.05, 3.63) is 12.2 Å². The Morgan fingerprint density at radius 3 is 2.22 bits per heavy atom. The van der Waals surface area contributed by atoms with Gasteiger partial charge in [-0.15, -0.1) is 0 Å². The molecule has 2 N–H and O–H groups in total. The summed E-state index contributed by atoms with van der Waals surface area (Å²) in [5.41, 5.74) is 0. The lowest BCUT2D eigenvalue weighted by Gasteiger charge is -2.24. The van der Waals surface area contributed by atoms with Crippen molar-refractivity contribution in [2.45, 2.75) is 116 Å². The Hall–Kier alpha value is -1.40. The number of allylic oxidation sites excluding steroid dienone is 2. The molecule has 6 nitrogen and oxygen atoms in total. The van der Waals surface area contributed by atoms with E-state index in [4.69, 9.17) is 9.94 Å². The third kappa shape index (κ3) is 16.3. The summed E-state index contributed by atoms with van der Waals surface area (Å²) in [6, 6.07) is 0. The largest absolute Gasteiger partial charge is 0.481 e. The van der Waals surface area contributed by atoms with Crippen LogP contribution in [0.5, 0.6) is 0 Å². The number of hydrogen-bond donors (Lipinski definition) is 2. The molecule has 0 spiro atoms. The highest BCUT2D eigenvalue weighted by atomic mass is 16.7. The monoisotopic (exact) mass is 452 g/mol. The normalized spacial score (nSPS) is 15.6. The average molecular weight is 453 g/mol. The van der Waals surface area contributed by atoms with Crippen LogP contribution >= 0.6 is 0 Å². The Balaban J connectivity index is 2.05. The Kier molecular flexibility index (Phi) is 18.1. The lowest BCUT2D eigenvalue weighted by molar-refractivity contribution is -0.139. The van der Waals surface area contributed by atoms with Gasteiger partial charge in [0, 0.05) is 6.42 Å². The highest BCUT2D eigenvalue weighted by molar-refractivity contribution is 5.66. The van der Waals surface area contributed by atoms with E-state index < -0.39 is 12.1 Å². The molecule has 186 valence electrons. The molecule has 0 saturated carbocycles. The first-order valence-electron chi connectivity index (χ1n) is 13.1. The molecule has 1 heterocycles. The first-order chi connectivity index (χ1) is 15.6. The van der Waals surface area contributed by atoms with Gasteiger partial charge in [0.05, 0.1) is 19.2 Å². The fourth-order valence-corrected chi connectivity index (χ4v) is 4.08. The van der Waals surface area contributed by atoms with Crippen LogP contribution in [0, 0.1) is 5.92 Å². The van der Waals surface area contributed by atoms with Crippen LogP contribution in [0.1, 0.15) is 110 Å². The maximum absolute atomic E-state index is 11.0. The zero-order valence-electron chi connectivity index (χ0n) is 20.4. The topological polar surface area (TPSA) is 82.4 Å². The first kappa shape index (κ1) is 28.6. The number of nitrogens with zero attached hydrogens (tertiary/aromatic N) is 2. The molecular formula is C26H48N2O4.